The molecule has 0 radical (unpaired) electrons. The third-order valence-electron chi connectivity index (χ3n) is 2.38. The molecule has 0 atom stereocenters. The molecule has 0 aromatic heterocycles. The molecule has 0 amide bonds. The highest BCUT2D eigenvalue weighted by Gasteiger charge is 2.02. The van der Waals surface area contributed by atoms with Crippen LogP contribution in [0.15, 0.2) is 24.3 Å². The predicted octanol–water partition coefficient (Wildman–Crippen LogP) is 3.17. The Balaban J connectivity index is 2.46. The molecule has 3 heteroatoms. The fourth-order valence-corrected chi connectivity index (χ4v) is 1.52. The second-order valence-electron chi connectivity index (χ2n) is 4.52. The van der Waals surface area contributed by atoms with Gasteiger partial charge in [0.05, 0.1) is 13.3 Å². The monoisotopic (exact) mass is 239 g/mol. The maximum Gasteiger partial charge on any atom is 0.123 e. The lowest BCUT2D eigenvalue weighted by molar-refractivity contribution is 0.286. The molecule has 0 aliphatic heterocycles. The van der Waals surface area contributed by atoms with Crippen molar-refractivity contribution in [2.24, 2.45) is 5.92 Å². The highest BCUT2D eigenvalue weighted by Crippen LogP contribution is 2.17. The molecule has 1 aromatic rings. The Bertz CT molecular complexity index is 315. The van der Waals surface area contributed by atoms with E-state index in [0.29, 0.717) is 18.9 Å². The first kappa shape index (κ1) is 14.0. The van der Waals surface area contributed by atoms with Crippen LogP contribution in [-0.4, -0.2) is 19.8 Å². The van der Waals surface area contributed by atoms with Crippen LogP contribution in [0.5, 0.6) is 5.75 Å². The number of hydrogen-bond donors (Lipinski definition) is 1. The Hall–Kier alpha value is -1.09. The van der Waals surface area contributed by atoms with E-state index < -0.39 is 0 Å². The van der Waals surface area contributed by atoms with Gasteiger partial charge in [0, 0.05) is 18.5 Å². The second-order valence-corrected chi connectivity index (χ2v) is 4.52. The smallest absolute Gasteiger partial charge is 0.123 e. The van der Waals surface area contributed by atoms with Crippen LogP contribution in [-0.2, 0) is 6.54 Å². The van der Waals surface area contributed by atoms with Gasteiger partial charge in [-0.2, -0.15) is 0 Å². The fraction of sp³-hybridized carbons (Fsp3) is 0.571. The van der Waals surface area contributed by atoms with E-state index in [1.54, 1.807) is 0 Å². The third-order valence-corrected chi connectivity index (χ3v) is 2.38. The second kappa shape index (κ2) is 8.07. The number of halogens is 1. The lowest BCUT2D eigenvalue weighted by atomic mass is 10.2. The summed E-state index contributed by atoms with van der Waals surface area (Å²) in [6, 6.07) is 7.91. The maximum atomic E-state index is 12.0. The van der Waals surface area contributed by atoms with E-state index in [1.165, 1.54) is 0 Å². The number of ether oxygens (including phenoxy) is 1. The molecular formula is C14H22FNO. The number of alkyl halides is 1. The van der Waals surface area contributed by atoms with Crippen LogP contribution in [0, 0.1) is 5.92 Å². The molecule has 0 aliphatic carbocycles. The lowest BCUT2D eigenvalue weighted by Gasteiger charge is -2.12. The molecule has 0 spiro atoms. The molecule has 0 saturated carbocycles. The van der Waals surface area contributed by atoms with Crippen molar-refractivity contribution in [2.45, 2.75) is 26.8 Å². The Kier molecular flexibility index (Phi) is 6.63. The summed E-state index contributed by atoms with van der Waals surface area (Å²) in [6.45, 7) is 6.25. The number of rotatable bonds is 8. The summed E-state index contributed by atoms with van der Waals surface area (Å²) in [7, 11) is 0. The topological polar surface area (TPSA) is 21.3 Å². The Morgan fingerprint density at radius 1 is 1.29 bits per heavy atom. The zero-order chi connectivity index (χ0) is 12.5. The molecule has 0 heterocycles. The summed E-state index contributed by atoms with van der Waals surface area (Å²) in [4.78, 5) is 0. The number of nitrogens with one attached hydrogen (secondary N) is 1. The molecular weight excluding hydrogens is 217 g/mol. The van der Waals surface area contributed by atoms with Gasteiger partial charge in [-0.15, -0.1) is 0 Å². The van der Waals surface area contributed by atoms with Crippen molar-refractivity contribution in [1.29, 1.82) is 0 Å². The molecule has 0 bridgehead atoms. The van der Waals surface area contributed by atoms with Gasteiger partial charge in [-0.25, -0.2) is 0 Å². The first-order valence-electron chi connectivity index (χ1n) is 6.21. The molecule has 17 heavy (non-hydrogen) atoms. The molecule has 1 N–H and O–H groups in total. The largest absolute Gasteiger partial charge is 0.493 e. The maximum absolute atomic E-state index is 12.0. The highest BCUT2D eigenvalue weighted by atomic mass is 19.1. The van der Waals surface area contributed by atoms with Crippen molar-refractivity contribution in [3.63, 3.8) is 0 Å². The fourth-order valence-electron chi connectivity index (χ4n) is 1.52. The molecule has 0 saturated heterocycles. The van der Waals surface area contributed by atoms with Crippen LogP contribution in [0.2, 0.25) is 0 Å². The first-order chi connectivity index (χ1) is 8.24. The molecule has 1 rings (SSSR count). The SMILES string of the molecule is CC(C)CNCc1ccccc1OCCCF. The summed E-state index contributed by atoms with van der Waals surface area (Å²) in [5.41, 5.74) is 1.13. The average Bonchev–Trinajstić information content (AvgIpc) is 2.31. The molecule has 2 nitrogen and oxygen atoms in total. The van der Waals surface area contributed by atoms with Crippen molar-refractivity contribution >= 4 is 0 Å². The van der Waals surface area contributed by atoms with Gasteiger partial charge in [-0.05, 0) is 18.5 Å². The minimum absolute atomic E-state index is 0.326. The first-order valence-corrected chi connectivity index (χ1v) is 6.21. The lowest BCUT2D eigenvalue weighted by Crippen LogP contribution is -2.19. The highest BCUT2D eigenvalue weighted by molar-refractivity contribution is 5.33. The minimum Gasteiger partial charge on any atom is -0.493 e. The van der Waals surface area contributed by atoms with Crippen molar-refractivity contribution in [2.75, 3.05) is 19.8 Å². The number of benzene rings is 1. The van der Waals surface area contributed by atoms with E-state index in [9.17, 15) is 4.39 Å². The quantitative estimate of drug-likeness (QED) is 0.704. The minimum atomic E-state index is -0.326. The molecule has 1 aromatic carbocycles. The summed E-state index contributed by atoms with van der Waals surface area (Å²) in [6.07, 6.45) is 0.452. The van der Waals surface area contributed by atoms with Gasteiger partial charge in [0.25, 0.3) is 0 Å². The summed E-state index contributed by atoms with van der Waals surface area (Å²) in [5.74, 6) is 1.49. The Labute approximate surface area is 103 Å². The number of hydrogen-bond acceptors (Lipinski definition) is 2. The molecule has 96 valence electrons. The van der Waals surface area contributed by atoms with E-state index in [2.05, 4.69) is 19.2 Å². The van der Waals surface area contributed by atoms with Crippen molar-refractivity contribution < 1.29 is 9.13 Å². The van der Waals surface area contributed by atoms with E-state index in [1.807, 2.05) is 24.3 Å². The average molecular weight is 239 g/mol. The van der Waals surface area contributed by atoms with Crippen LogP contribution < -0.4 is 10.1 Å². The van der Waals surface area contributed by atoms with Crippen molar-refractivity contribution in [3.05, 3.63) is 29.8 Å². The van der Waals surface area contributed by atoms with E-state index in [4.69, 9.17) is 4.74 Å². The molecule has 0 fully saturated rings. The van der Waals surface area contributed by atoms with Crippen LogP contribution >= 0.6 is 0 Å². The summed E-state index contributed by atoms with van der Waals surface area (Å²) < 4.78 is 17.6. The Morgan fingerprint density at radius 3 is 2.76 bits per heavy atom. The Morgan fingerprint density at radius 2 is 2.06 bits per heavy atom. The molecule has 0 aliphatic rings. The zero-order valence-corrected chi connectivity index (χ0v) is 10.7. The van der Waals surface area contributed by atoms with E-state index >= 15 is 0 Å². The third kappa shape index (κ3) is 5.68. The van der Waals surface area contributed by atoms with Gasteiger partial charge in [-0.1, -0.05) is 32.0 Å². The van der Waals surface area contributed by atoms with Crippen molar-refractivity contribution in [3.8, 4) is 5.75 Å². The standard InChI is InChI=1S/C14H22FNO/c1-12(2)10-16-11-13-6-3-4-7-14(13)17-9-5-8-15/h3-4,6-7,12,16H,5,8-11H2,1-2H3. The van der Waals surface area contributed by atoms with Crippen LogP contribution in [0.25, 0.3) is 0 Å². The van der Waals surface area contributed by atoms with Crippen molar-refractivity contribution in [1.82, 2.24) is 5.32 Å². The predicted molar refractivity (Wildman–Crippen MR) is 69.1 cm³/mol. The van der Waals surface area contributed by atoms with Gasteiger partial charge in [0.1, 0.15) is 5.75 Å². The van der Waals surface area contributed by atoms with Crippen LogP contribution in [0.1, 0.15) is 25.8 Å². The van der Waals surface area contributed by atoms with Crippen LogP contribution in [0.4, 0.5) is 4.39 Å². The zero-order valence-electron chi connectivity index (χ0n) is 10.7. The van der Waals surface area contributed by atoms with Gasteiger partial charge in [0.15, 0.2) is 0 Å². The summed E-state index contributed by atoms with van der Waals surface area (Å²) >= 11 is 0. The van der Waals surface area contributed by atoms with Gasteiger partial charge in [0.2, 0.25) is 0 Å². The van der Waals surface area contributed by atoms with Crippen LogP contribution in [0.3, 0.4) is 0 Å². The molecule has 0 unspecified atom stereocenters. The van der Waals surface area contributed by atoms with Gasteiger partial charge >= 0.3 is 0 Å². The normalized spacial score (nSPS) is 10.8. The van der Waals surface area contributed by atoms with E-state index in [0.717, 1.165) is 24.4 Å². The summed E-state index contributed by atoms with van der Waals surface area (Å²) in [5, 5.41) is 3.38. The van der Waals surface area contributed by atoms with Gasteiger partial charge < -0.3 is 10.1 Å². The number of para-hydroxylation sites is 1. The van der Waals surface area contributed by atoms with Gasteiger partial charge in [-0.3, -0.25) is 4.39 Å². The van der Waals surface area contributed by atoms with E-state index in [-0.39, 0.29) is 6.67 Å².